The highest BCUT2D eigenvalue weighted by molar-refractivity contribution is 7.21. The van der Waals surface area contributed by atoms with Crippen LogP contribution < -0.4 is 0 Å². The van der Waals surface area contributed by atoms with Gasteiger partial charge in [-0.25, -0.2) is 4.98 Å². The summed E-state index contributed by atoms with van der Waals surface area (Å²) in [6, 6.07) is 4.05. The van der Waals surface area contributed by atoms with E-state index in [-0.39, 0.29) is 6.42 Å². The Kier molecular flexibility index (Phi) is 3.91. The van der Waals surface area contributed by atoms with Gasteiger partial charge < -0.3 is 5.11 Å². The van der Waals surface area contributed by atoms with E-state index in [9.17, 15) is 4.79 Å². The number of carboxylic acids is 1. The topological polar surface area (TPSA) is 50.2 Å². The molecule has 2 rings (SSSR count). The Labute approximate surface area is 108 Å². The molecule has 0 atom stereocenters. The number of nitrogens with zero attached hydrogens (tertiary/aromatic N) is 1. The van der Waals surface area contributed by atoms with Crippen LogP contribution in [-0.2, 0) is 17.6 Å². The largest absolute Gasteiger partial charge is 0.481 e. The quantitative estimate of drug-likeness (QED) is 0.902. The highest BCUT2D eigenvalue weighted by Crippen LogP contribution is 2.32. The van der Waals surface area contributed by atoms with Crippen LogP contribution in [0.1, 0.15) is 23.9 Å². The van der Waals surface area contributed by atoms with Crippen LogP contribution in [0.4, 0.5) is 0 Å². The number of rotatable bonds is 5. The molecule has 0 amide bonds. The number of aryl methyl sites for hydroxylation is 2. The van der Waals surface area contributed by atoms with Crippen LogP contribution in [0.3, 0.4) is 0 Å². The maximum absolute atomic E-state index is 10.6. The number of hydrogen-bond acceptors (Lipinski definition) is 4. The van der Waals surface area contributed by atoms with Gasteiger partial charge in [-0.1, -0.05) is 13.0 Å². The van der Waals surface area contributed by atoms with Crippen molar-refractivity contribution in [2.75, 3.05) is 0 Å². The molecule has 0 aliphatic heterocycles. The average molecular weight is 267 g/mol. The van der Waals surface area contributed by atoms with Crippen LogP contribution >= 0.6 is 22.7 Å². The van der Waals surface area contributed by atoms with Crippen molar-refractivity contribution in [1.82, 2.24) is 4.98 Å². The number of aliphatic carboxylic acids is 1. The lowest BCUT2D eigenvalue weighted by atomic mass is 10.2. The van der Waals surface area contributed by atoms with Crippen LogP contribution in [0.25, 0.3) is 9.88 Å². The smallest absolute Gasteiger partial charge is 0.303 e. The predicted molar refractivity (Wildman–Crippen MR) is 70.8 cm³/mol. The Hall–Kier alpha value is -1.20. The van der Waals surface area contributed by atoms with Gasteiger partial charge in [0.1, 0.15) is 5.01 Å². The SMILES string of the molecule is CCc1nc(-c2cccs2)sc1CCC(=O)O. The first-order valence-corrected chi connectivity index (χ1v) is 7.14. The van der Waals surface area contributed by atoms with Gasteiger partial charge in [0.05, 0.1) is 17.0 Å². The third-order valence-corrected chi connectivity index (χ3v) is 4.61. The number of thiazole rings is 1. The molecule has 0 saturated carbocycles. The van der Waals surface area contributed by atoms with E-state index in [0.717, 1.165) is 26.9 Å². The summed E-state index contributed by atoms with van der Waals surface area (Å²) in [4.78, 5) is 17.4. The van der Waals surface area contributed by atoms with Crippen molar-refractivity contribution in [2.45, 2.75) is 26.2 Å². The molecule has 0 aromatic carbocycles. The molecular weight excluding hydrogens is 254 g/mol. The summed E-state index contributed by atoms with van der Waals surface area (Å²) in [6.45, 7) is 2.05. The fraction of sp³-hybridized carbons (Fsp3) is 0.333. The van der Waals surface area contributed by atoms with Crippen LogP contribution in [0.2, 0.25) is 0 Å². The van der Waals surface area contributed by atoms with Gasteiger partial charge in [0.2, 0.25) is 0 Å². The normalized spacial score (nSPS) is 10.6. The van der Waals surface area contributed by atoms with Crippen molar-refractivity contribution in [3.63, 3.8) is 0 Å². The first-order valence-electron chi connectivity index (χ1n) is 5.45. The lowest BCUT2D eigenvalue weighted by Gasteiger charge is -1.95. The molecule has 0 aliphatic carbocycles. The van der Waals surface area contributed by atoms with Crippen LogP contribution in [0, 0.1) is 0 Å². The van der Waals surface area contributed by atoms with Crippen molar-refractivity contribution in [2.24, 2.45) is 0 Å². The monoisotopic (exact) mass is 267 g/mol. The van der Waals surface area contributed by atoms with Crippen molar-refractivity contribution in [3.05, 3.63) is 28.1 Å². The van der Waals surface area contributed by atoms with E-state index in [1.165, 1.54) is 0 Å². The van der Waals surface area contributed by atoms with Crippen molar-refractivity contribution in [3.8, 4) is 9.88 Å². The zero-order chi connectivity index (χ0) is 12.3. The standard InChI is InChI=1S/C12H13NO2S2/c1-2-8-9(5-6-11(14)15)17-12(13-8)10-4-3-7-16-10/h3-4,7H,2,5-6H2,1H3,(H,14,15). The van der Waals surface area contributed by atoms with Crippen molar-refractivity contribution in [1.29, 1.82) is 0 Å². The molecule has 5 heteroatoms. The van der Waals surface area contributed by atoms with E-state index in [4.69, 9.17) is 5.11 Å². The highest BCUT2D eigenvalue weighted by atomic mass is 32.1. The molecule has 0 fully saturated rings. The summed E-state index contributed by atoms with van der Waals surface area (Å²) >= 11 is 3.28. The number of carboxylic acid groups (broad SMARTS) is 1. The summed E-state index contributed by atoms with van der Waals surface area (Å²) in [6.07, 6.45) is 1.62. The lowest BCUT2D eigenvalue weighted by molar-refractivity contribution is -0.136. The maximum atomic E-state index is 10.6. The first kappa shape index (κ1) is 12.3. The van der Waals surface area contributed by atoms with E-state index in [1.54, 1.807) is 22.7 Å². The van der Waals surface area contributed by atoms with Gasteiger partial charge in [-0.3, -0.25) is 4.79 Å². The van der Waals surface area contributed by atoms with Gasteiger partial charge in [0, 0.05) is 4.88 Å². The fourth-order valence-electron chi connectivity index (χ4n) is 1.58. The average Bonchev–Trinajstić information content (AvgIpc) is 2.94. The second-order valence-corrected chi connectivity index (χ2v) is 5.64. The molecule has 90 valence electrons. The summed E-state index contributed by atoms with van der Waals surface area (Å²) < 4.78 is 0. The molecule has 2 heterocycles. The molecule has 0 spiro atoms. The van der Waals surface area contributed by atoms with E-state index < -0.39 is 5.97 Å². The van der Waals surface area contributed by atoms with E-state index in [0.29, 0.717) is 6.42 Å². The lowest BCUT2D eigenvalue weighted by Crippen LogP contribution is -1.98. The van der Waals surface area contributed by atoms with Gasteiger partial charge in [-0.2, -0.15) is 0 Å². The summed E-state index contributed by atoms with van der Waals surface area (Å²) in [5, 5.41) is 11.8. The number of carbonyl (C=O) groups is 1. The second-order valence-electron chi connectivity index (χ2n) is 3.61. The highest BCUT2D eigenvalue weighted by Gasteiger charge is 2.12. The molecular formula is C12H13NO2S2. The summed E-state index contributed by atoms with van der Waals surface area (Å²) in [5.74, 6) is -0.752. The summed E-state index contributed by atoms with van der Waals surface area (Å²) in [7, 11) is 0. The molecule has 3 nitrogen and oxygen atoms in total. The molecule has 2 aromatic heterocycles. The van der Waals surface area contributed by atoms with Crippen molar-refractivity contribution < 1.29 is 9.90 Å². The van der Waals surface area contributed by atoms with E-state index in [2.05, 4.69) is 11.9 Å². The molecule has 2 aromatic rings. The molecule has 0 aliphatic rings. The predicted octanol–water partition coefficient (Wildman–Crippen LogP) is 3.45. The third-order valence-electron chi connectivity index (χ3n) is 2.41. The fourth-order valence-corrected chi connectivity index (χ4v) is 3.53. The van der Waals surface area contributed by atoms with Gasteiger partial charge in [-0.15, -0.1) is 22.7 Å². The molecule has 0 radical (unpaired) electrons. The molecule has 17 heavy (non-hydrogen) atoms. The number of hydrogen-bond donors (Lipinski definition) is 1. The summed E-state index contributed by atoms with van der Waals surface area (Å²) in [5.41, 5.74) is 1.04. The minimum atomic E-state index is -0.752. The Morgan fingerprint density at radius 1 is 1.53 bits per heavy atom. The third kappa shape index (κ3) is 2.92. The zero-order valence-corrected chi connectivity index (χ0v) is 11.1. The van der Waals surface area contributed by atoms with Crippen LogP contribution in [-0.4, -0.2) is 16.1 Å². The number of aromatic nitrogens is 1. The van der Waals surface area contributed by atoms with E-state index >= 15 is 0 Å². The Morgan fingerprint density at radius 2 is 2.35 bits per heavy atom. The Bertz CT molecular complexity index is 503. The Morgan fingerprint density at radius 3 is 2.94 bits per heavy atom. The molecule has 0 saturated heterocycles. The van der Waals surface area contributed by atoms with Gasteiger partial charge in [-0.05, 0) is 24.3 Å². The minimum Gasteiger partial charge on any atom is -0.481 e. The van der Waals surface area contributed by atoms with Crippen LogP contribution in [0.5, 0.6) is 0 Å². The minimum absolute atomic E-state index is 0.180. The number of thiophene rings is 1. The van der Waals surface area contributed by atoms with Crippen LogP contribution in [0.15, 0.2) is 17.5 Å². The zero-order valence-electron chi connectivity index (χ0n) is 9.47. The van der Waals surface area contributed by atoms with Crippen molar-refractivity contribution >= 4 is 28.6 Å². The Balaban J connectivity index is 2.23. The molecule has 1 N–H and O–H groups in total. The van der Waals surface area contributed by atoms with Gasteiger partial charge in [0.15, 0.2) is 0 Å². The van der Waals surface area contributed by atoms with Gasteiger partial charge >= 0.3 is 5.97 Å². The molecule has 0 bridgehead atoms. The molecule has 0 unspecified atom stereocenters. The van der Waals surface area contributed by atoms with E-state index in [1.807, 2.05) is 17.5 Å². The first-order chi connectivity index (χ1) is 8.20. The maximum Gasteiger partial charge on any atom is 0.303 e. The van der Waals surface area contributed by atoms with Gasteiger partial charge in [0.25, 0.3) is 0 Å². The second kappa shape index (κ2) is 5.42.